The molecule has 0 aromatic rings. The number of nitrogens with zero attached hydrogens (tertiary/aromatic N) is 3. The average Bonchev–Trinajstić information content (AvgIpc) is 3.16. The maximum atomic E-state index is 12.7. The van der Waals surface area contributed by atoms with E-state index in [0.29, 0.717) is 18.5 Å². The minimum Gasteiger partial charge on any atom is -0.385 e. The van der Waals surface area contributed by atoms with Crippen molar-refractivity contribution in [3.8, 4) is 0 Å². The third kappa shape index (κ3) is 4.70. The van der Waals surface area contributed by atoms with E-state index >= 15 is 0 Å². The molecule has 24 heavy (non-hydrogen) atoms. The Kier molecular flexibility index (Phi) is 6.93. The Morgan fingerprint density at radius 3 is 2.38 bits per heavy atom. The number of piperazine rings is 1. The number of carbonyl (C=O) groups excluding carboxylic acids is 1. The molecular weight excluding hydrogens is 302 g/mol. The lowest BCUT2D eigenvalue weighted by Crippen LogP contribution is -2.54. The van der Waals surface area contributed by atoms with Gasteiger partial charge in [0.15, 0.2) is 0 Å². The molecule has 0 radical (unpaired) electrons. The molecule has 0 aromatic heterocycles. The van der Waals surface area contributed by atoms with Crippen LogP contribution in [0.1, 0.15) is 51.4 Å². The molecule has 0 N–H and O–H groups in total. The van der Waals surface area contributed by atoms with Gasteiger partial charge in [0.2, 0.25) is 5.91 Å². The van der Waals surface area contributed by atoms with E-state index in [1.807, 2.05) is 0 Å². The zero-order valence-electron chi connectivity index (χ0n) is 15.4. The predicted molar refractivity (Wildman–Crippen MR) is 96.1 cm³/mol. The Hall–Kier alpha value is -0.650. The quantitative estimate of drug-likeness (QED) is 0.742. The second-order valence-corrected chi connectivity index (χ2v) is 7.76. The molecule has 0 spiro atoms. The first kappa shape index (κ1) is 18.2. The van der Waals surface area contributed by atoms with Gasteiger partial charge in [0.05, 0.1) is 6.54 Å². The van der Waals surface area contributed by atoms with Crippen molar-refractivity contribution in [2.45, 2.75) is 63.5 Å². The highest BCUT2D eigenvalue weighted by Crippen LogP contribution is 2.24. The number of hydrogen-bond acceptors (Lipinski definition) is 4. The highest BCUT2D eigenvalue weighted by molar-refractivity contribution is 5.78. The fourth-order valence-corrected chi connectivity index (χ4v) is 4.73. The Bertz CT molecular complexity index is 390. The van der Waals surface area contributed by atoms with Crippen molar-refractivity contribution >= 4 is 5.91 Å². The maximum absolute atomic E-state index is 12.7. The van der Waals surface area contributed by atoms with Crippen molar-refractivity contribution in [3.63, 3.8) is 0 Å². The van der Waals surface area contributed by atoms with E-state index in [9.17, 15) is 4.79 Å². The molecule has 1 atom stereocenters. The number of hydrogen-bond donors (Lipinski definition) is 0. The number of piperidine rings is 1. The van der Waals surface area contributed by atoms with Crippen molar-refractivity contribution in [3.05, 3.63) is 0 Å². The van der Waals surface area contributed by atoms with Crippen LogP contribution >= 0.6 is 0 Å². The summed E-state index contributed by atoms with van der Waals surface area (Å²) in [6, 6.07) is 1.32. The van der Waals surface area contributed by atoms with Crippen LogP contribution in [-0.4, -0.2) is 85.7 Å². The molecule has 138 valence electrons. The van der Waals surface area contributed by atoms with Gasteiger partial charge in [-0.2, -0.15) is 0 Å². The number of amides is 1. The molecule has 1 saturated carbocycles. The van der Waals surface area contributed by atoms with Gasteiger partial charge in [-0.05, 0) is 38.6 Å². The summed E-state index contributed by atoms with van der Waals surface area (Å²) in [5.74, 6) is 0.338. The van der Waals surface area contributed by atoms with E-state index in [2.05, 4.69) is 14.7 Å². The molecule has 5 heteroatoms. The third-order valence-corrected chi connectivity index (χ3v) is 6.25. The van der Waals surface area contributed by atoms with E-state index in [-0.39, 0.29) is 0 Å². The smallest absolute Gasteiger partial charge is 0.236 e. The van der Waals surface area contributed by atoms with Crippen molar-refractivity contribution in [1.29, 1.82) is 0 Å². The van der Waals surface area contributed by atoms with E-state index in [1.54, 1.807) is 7.11 Å². The van der Waals surface area contributed by atoms with Crippen LogP contribution in [0.15, 0.2) is 0 Å². The lowest BCUT2D eigenvalue weighted by atomic mass is 9.99. The standard InChI is InChI=1S/C19H35N3O2/c1-24-15-9-18-8-4-5-10-22(18)16-19(23)21-13-11-20(12-14-21)17-6-2-3-7-17/h17-18H,2-16H2,1H3. The van der Waals surface area contributed by atoms with Crippen molar-refractivity contribution < 1.29 is 9.53 Å². The van der Waals surface area contributed by atoms with Gasteiger partial charge in [-0.15, -0.1) is 0 Å². The SMILES string of the molecule is COCCC1CCCCN1CC(=O)N1CCN(C2CCCC2)CC1. The second kappa shape index (κ2) is 9.16. The Labute approximate surface area is 147 Å². The minimum absolute atomic E-state index is 0.338. The van der Waals surface area contributed by atoms with Crippen LogP contribution < -0.4 is 0 Å². The molecule has 1 amide bonds. The summed E-state index contributed by atoms with van der Waals surface area (Å²) in [5.41, 5.74) is 0. The van der Waals surface area contributed by atoms with Crippen LogP contribution in [0.25, 0.3) is 0 Å². The molecule has 2 saturated heterocycles. The summed E-state index contributed by atoms with van der Waals surface area (Å²) < 4.78 is 5.25. The summed E-state index contributed by atoms with van der Waals surface area (Å²) in [4.78, 5) is 19.9. The number of methoxy groups -OCH3 is 1. The summed E-state index contributed by atoms with van der Waals surface area (Å²) >= 11 is 0. The minimum atomic E-state index is 0.338. The molecule has 1 aliphatic carbocycles. The monoisotopic (exact) mass is 337 g/mol. The van der Waals surface area contributed by atoms with Crippen LogP contribution in [0.2, 0.25) is 0 Å². The normalized spacial score (nSPS) is 27.7. The highest BCUT2D eigenvalue weighted by Gasteiger charge is 2.30. The van der Waals surface area contributed by atoms with E-state index in [1.165, 1.54) is 44.9 Å². The van der Waals surface area contributed by atoms with Gasteiger partial charge in [-0.1, -0.05) is 19.3 Å². The van der Waals surface area contributed by atoms with E-state index in [0.717, 1.165) is 51.8 Å². The van der Waals surface area contributed by atoms with Crippen LogP contribution in [0.5, 0.6) is 0 Å². The molecule has 3 rings (SSSR count). The first-order chi connectivity index (χ1) is 11.8. The largest absolute Gasteiger partial charge is 0.385 e. The topological polar surface area (TPSA) is 36.0 Å². The average molecular weight is 338 g/mol. The Balaban J connectivity index is 1.44. The number of ether oxygens (including phenoxy) is 1. The molecule has 2 aliphatic heterocycles. The molecule has 5 nitrogen and oxygen atoms in total. The molecule has 1 unspecified atom stereocenters. The maximum Gasteiger partial charge on any atom is 0.236 e. The number of carbonyl (C=O) groups is 1. The lowest BCUT2D eigenvalue weighted by molar-refractivity contribution is -0.135. The fraction of sp³-hybridized carbons (Fsp3) is 0.947. The lowest BCUT2D eigenvalue weighted by Gasteiger charge is -2.40. The van der Waals surface area contributed by atoms with Crippen molar-refractivity contribution in [2.24, 2.45) is 0 Å². The summed E-state index contributed by atoms with van der Waals surface area (Å²) in [6.07, 6.45) is 10.3. The van der Waals surface area contributed by atoms with Crippen LogP contribution in [-0.2, 0) is 9.53 Å². The molecular formula is C19H35N3O2. The zero-order chi connectivity index (χ0) is 16.8. The van der Waals surface area contributed by atoms with Gasteiger partial charge in [-0.25, -0.2) is 0 Å². The molecule has 0 bridgehead atoms. The van der Waals surface area contributed by atoms with Crippen LogP contribution in [0, 0.1) is 0 Å². The van der Waals surface area contributed by atoms with Gasteiger partial charge in [0, 0.05) is 52.0 Å². The first-order valence-electron chi connectivity index (χ1n) is 10.0. The van der Waals surface area contributed by atoms with Gasteiger partial charge in [0.1, 0.15) is 0 Å². The molecule has 3 fully saturated rings. The van der Waals surface area contributed by atoms with Crippen molar-refractivity contribution in [2.75, 3.05) is 53.0 Å². The summed E-state index contributed by atoms with van der Waals surface area (Å²) in [7, 11) is 1.77. The van der Waals surface area contributed by atoms with Gasteiger partial charge in [0.25, 0.3) is 0 Å². The summed E-state index contributed by atoms with van der Waals surface area (Å²) in [5, 5.41) is 0. The summed E-state index contributed by atoms with van der Waals surface area (Å²) in [6.45, 7) is 6.47. The van der Waals surface area contributed by atoms with Crippen LogP contribution in [0.4, 0.5) is 0 Å². The highest BCUT2D eigenvalue weighted by atomic mass is 16.5. The predicted octanol–water partition coefficient (Wildman–Crippen LogP) is 1.96. The number of rotatable bonds is 6. The fourth-order valence-electron chi connectivity index (χ4n) is 4.73. The molecule has 2 heterocycles. The number of likely N-dealkylation sites (tertiary alicyclic amines) is 1. The van der Waals surface area contributed by atoms with Crippen molar-refractivity contribution in [1.82, 2.24) is 14.7 Å². The Morgan fingerprint density at radius 2 is 1.67 bits per heavy atom. The molecule has 0 aromatic carbocycles. The van der Waals surface area contributed by atoms with Gasteiger partial charge in [-0.3, -0.25) is 14.6 Å². The zero-order valence-corrected chi connectivity index (χ0v) is 15.4. The van der Waals surface area contributed by atoms with Crippen LogP contribution in [0.3, 0.4) is 0 Å². The van der Waals surface area contributed by atoms with E-state index in [4.69, 9.17) is 4.74 Å². The second-order valence-electron chi connectivity index (χ2n) is 7.76. The Morgan fingerprint density at radius 1 is 0.958 bits per heavy atom. The van der Waals surface area contributed by atoms with E-state index < -0.39 is 0 Å². The van der Waals surface area contributed by atoms with Gasteiger partial charge >= 0.3 is 0 Å². The van der Waals surface area contributed by atoms with Gasteiger partial charge < -0.3 is 9.64 Å². The third-order valence-electron chi connectivity index (χ3n) is 6.25. The molecule has 3 aliphatic rings. The first-order valence-corrected chi connectivity index (χ1v) is 10.0.